The summed E-state index contributed by atoms with van der Waals surface area (Å²) >= 11 is 9.63. The summed E-state index contributed by atoms with van der Waals surface area (Å²) in [4.78, 5) is 0. The Balaban J connectivity index is 2.08. The number of hydrogen-bond acceptors (Lipinski definition) is 2. The monoisotopic (exact) mass is 355 g/mol. The van der Waals surface area contributed by atoms with Gasteiger partial charge in [-0.2, -0.15) is 5.10 Å². The van der Waals surface area contributed by atoms with Crippen molar-refractivity contribution in [1.29, 1.82) is 0 Å². The van der Waals surface area contributed by atoms with Crippen molar-refractivity contribution in [1.82, 2.24) is 9.78 Å². The molecule has 1 aromatic carbocycles. The maximum Gasteiger partial charge on any atom is 0.0766 e. The molecule has 0 aliphatic carbocycles. The van der Waals surface area contributed by atoms with Crippen LogP contribution in [0.2, 0.25) is 5.02 Å². The molecule has 0 saturated heterocycles. The molecule has 1 aromatic heterocycles. The number of aromatic nitrogens is 2. The average Bonchev–Trinajstić information content (AvgIpc) is 2.66. The molecule has 1 heterocycles. The first kappa shape index (κ1) is 15.5. The molecule has 2 rings (SSSR count). The number of aryl methyl sites for hydroxylation is 2. The van der Waals surface area contributed by atoms with E-state index < -0.39 is 0 Å². The van der Waals surface area contributed by atoms with Gasteiger partial charge in [0, 0.05) is 24.5 Å². The molecular weight excluding hydrogens is 338 g/mol. The molecule has 20 heavy (non-hydrogen) atoms. The van der Waals surface area contributed by atoms with Crippen LogP contribution in [0.25, 0.3) is 0 Å². The topological polar surface area (TPSA) is 43.8 Å². The Labute approximate surface area is 133 Å². The Morgan fingerprint density at radius 2 is 2.15 bits per heavy atom. The van der Waals surface area contributed by atoms with E-state index in [-0.39, 0.29) is 6.04 Å². The second-order valence-corrected chi connectivity index (χ2v) is 6.21. The predicted molar refractivity (Wildman–Crippen MR) is 87.1 cm³/mol. The minimum atomic E-state index is 0.0462. The van der Waals surface area contributed by atoms with Gasteiger partial charge in [0.25, 0.3) is 0 Å². The number of benzene rings is 1. The molecule has 2 N–H and O–H groups in total. The first-order valence-corrected chi connectivity index (χ1v) is 7.88. The summed E-state index contributed by atoms with van der Waals surface area (Å²) < 4.78 is 3.00. The lowest BCUT2D eigenvalue weighted by Gasteiger charge is -2.12. The smallest absolute Gasteiger partial charge is 0.0766 e. The molecule has 0 aliphatic rings. The molecule has 108 valence electrons. The lowest BCUT2D eigenvalue weighted by Crippen LogP contribution is -2.26. The molecule has 0 fully saturated rings. The molecule has 1 atom stereocenters. The van der Waals surface area contributed by atoms with Gasteiger partial charge in [0.1, 0.15) is 0 Å². The molecule has 0 bridgehead atoms. The van der Waals surface area contributed by atoms with Crippen LogP contribution in [0.1, 0.15) is 23.9 Å². The summed E-state index contributed by atoms with van der Waals surface area (Å²) in [5.74, 6) is 0. The quantitative estimate of drug-likeness (QED) is 0.891. The highest BCUT2D eigenvalue weighted by atomic mass is 79.9. The van der Waals surface area contributed by atoms with Crippen molar-refractivity contribution >= 4 is 27.5 Å². The van der Waals surface area contributed by atoms with E-state index in [9.17, 15) is 0 Å². The standard InChI is InChI=1S/C15H19BrClN3/c1-3-13-15(16)14(20(2)19-13)9-12(18)8-10-5-4-6-11(17)7-10/h4-7,12H,3,8-9,18H2,1-2H3. The van der Waals surface area contributed by atoms with Crippen LogP contribution in [0.4, 0.5) is 0 Å². The summed E-state index contributed by atoms with van der Waals surface area (Å²) in [5.41, 5.74) is 9.67. The first-order valence-electron chi connectivity index (χ1n) is 6.71. The van der Waals surface area contributed by atoms with E-state index in [1.165, 1.54) is 5.56 Å². The van der Waals surface area contributed by atoms with Gasteiger partial charge >= 0.3 is 0 Å². The van der Waals surface area contributed by atoms with Crippen LogP contribution >= 0.6 is 27.5 Å². The number of hydrogen-bond donors (Lipinski definition) is 1. The Morgan fingerprint density at radius 1 is 1.40 bits per heavy atom. The summed E-state index contributed by atoms with van der Waals surface area (Å²) in [6.45, 7) is 2.10. The van der Waals surface area contributed by atoms with Crippen LogP contribution in [0.5, 0.6) is 0 Å². The molecule has 5 heteroatoms. The number of rotatable bonds is 5. The molecular formula is C15H19BrClN3. The SMILES string of the molecule is CCc1nn(C)c(CC(N)Cc2cccc(Cl)c2)c1Br. The molecule has 0 aliphatic heterocycles. The fourth-order valence-corrected chi connectivity index (χ4v) is 3.32. The van der Waals surface area contributed by atoms with Crippen LogP contribution in [-0.2, 0) is 26.3 Å². The fourth-order valence-electron chi connectivity index (χ4n) is 2.33. The van der Waals surface area contributed by atoms with Gasteiger partial charge in [-0.1, -0.05) is 30.7 Å². The predicted octanol–water partition coefficient (Wildman–Crippen LogP) is 3.51. The van der Waals surface area contributed by atoms with Crippen molar-refractivity contribution in [2.45, 2.75) is 32.2 Å². The van der Waals surface area contributed by atoms with E-state index in [1.807, 2.05) is 29.9 Å². The maximum absolute atomic E-state index is 6.27. The van der Waals surface area contributed by atoms with Gasteiger partial charge in [-0.05, 0) is 46.5 Å². The van der Waals surface area contributed by atoms with Crippen molar-refractivity contribution in [3.05, 3.63) is 50.7 Å². The molecule has 3 nitrogen and oxygen atoms in total. The Bertz CT molecular complexity index is 595. The normalized spacial score (nSPS) is 12.7. The van der Waals surface area contributed by atoms with E-state index >= 15 is 0 Å². The Hall–Kier alpha value is -0.840. The van der Waals surface area contributed by atoms with Crippen LogP contribution in [0.15, 0.2) is 28.7 Å². The third kappa shape index (κ3) is 3.62. The molecule has 1 unspecified atom stereocenters. The second-order valence-electron chi connectivity index (χ2n) is 4.98. The molecule has 0 amide bonds. The molecule has 2 aromatic rings. The largest absolute Gasteiger partial charge is 0.327 e. The van der Waals surface area contributed by atoms with E-state index in [0.717, 1.165) is 40.1 Å². The average molecular weight is 357 g/mol. The van der Waals surface area contributed by atoms with E-state index in [0.29, 0.717) is 0 Å². The zero-order valence-electron chi connectivity index (χ0n) is 11.7. The summed E-state index contributed by atoms with van der Waals surface area (Å²) in [5, 5.41) is 5.25. The van der Waals surface area contributed by atoms with Gasteiger partial charge < -0.3 is 5.73 Å². The second kappa shape index (κ2) is 6.74. The highest BCUT2D eigenvalue weighted by molar-refractivity contribution is 9.10. The van der Waals surface area contributed by atoms with Gasteiger partial charge in [-0.15, -0.1) is 0 Å². The lowest BCUT2D eigenvalue weighted by atomic mass is 10.0. The molecule has 0 spiro atoms. The number of nitrogens with zero attached hydrogens (tertiary/aromatic N) is 2. The first-order chi connectivity index (χ1) is 9.51. The van der Waals surface area contributed by atoms with E-state index in [2.05, 4.69) is 34.0 Å². The Kier molecular flexibility index (Phi) is 5.24. The summed E-state index contributed by atoms with van der Waals surface area (Å²) in [6.07, 6.45) is 2.51. The van der Waals surface area contributed by atoms with Crippen molar-refractivity contribution in [3.8, 4) is 0 Å². The highest BCUT2D eigenvalue weighted by Crippen LogP contribution is 2.23. The third-order valence-corrected chi connectivity index (χ3v) is 4.50. The van der Waals surface area contributed by atoms with Gasteiger partial charge in [0.05, 0.1) is 15.9 Å². The van der Waals surface area contributed by atoms with Crippen LogP contribution < -0.4 is 5.73 Å². The van der Waals surface area contributed by atoms with Gasteiger partial charge in [0.15, 0.2) is 0 Å². The number of halogens is 2. The van der Waals surface area contributed by atoms with Crippen LogP contribution in [0.3, 0.4) is 0 Å². The van der Waals surface area contributed by atoms with Gasteiger partial charge in [-0.25, -0.2) is 0 Å². The Morgan fingerprint density at radius 3 is 2.75 bits per heavy atom. The van der Waals surface area contributed by atoms with Crippen LogP contribution in [-0.4, -0.2) is 15.8 Å². The zero-order valence-corrected chi connectivity index (χ0v) is 14.1. The van der Waals surface area contributed by atoms with E-state index in [4.69, 9.17) is 17.3 Å². The van der Waals surface area contributed by atoms with E-state index in [1.54, 1.807) is 0 Å². The minimum Gasteiger partial charge on any atom is -0.327 e. The van der Waals surface area contributed by atoms with Crippen molar-refractivity contribution in [2.24, 2.45) is 12.8 Å². The lowest BCUT2D eigenvalue weighted by molar-refractivity contribution is 0.610. The van der Waals surface area contributed by atoms with Crippen molar-refractivity contribution in [2.75, 3.05) is 0 Å². The minimum absolute atomic E-state index is 0.0462. The summed E-state index contributed by atoms with van der Waals surface area (Å²) in [6, 6.07) is 7.91. The third-order valence-electron chi connectivity index (χ3n) is 3.35. The zero-order chi connectivity index (χ0) is 14.7. The summed E-state index contributed by atoms with van der Waals surface area (Å²) in [7, 11) is 1.96. The molecule has 0 saturated carbocycles. The van der Waals surface area contributed by atoms with Gasteiger partial charge in [0.2, 0.25) is 0 Å². The van der Waals surface area contributed by atoms with Crippen LogP contribution in [0, 0.1) is 0 Å². The maximum atomic E-state index is 6.27. The fraction of sp³-hybridized carbons (Fsp3) is 0.400. The molecule has 0 radical (unpaired) electrons. The van der Waals surface area contributed by atoms with Crippen molar-refractivity contribution < 1.29 is 0 Å². The van der Waals surface area contributed by atoms with Crippen molar-refractivity contribution in [3.63, 3.8) is 0 Å². The number of nitrogens with two attached hydrogens (primary N) is 1. The van der Waals surface area contributed by atoms with Gasteiger partial charge in [-0.3, -0.25) is 4.68 Å². The highest BCUT2D eigenvalue weighted by Gasteiger charge is 2.15.